The van der Waals surface area contributed by atoms with Crippen molar-refractivity contribution in [3.8, 4) is 90.3 Å². The Morgan fingerprint density at radius 3 is 1.26 bits per heavy atom. The van der Waals surface area contributed by atoms with E-state index in [1.807, 2.05) is 84.9 Å². The zero-order valence-electron chi connectivity index (χ0n) is 31.6. The topological polar surface area (TPSA) is 64.5 Å². The number of fused-ring (bicyclic) bond motifs is 3. The molecule has 0 bridgehead atoms. The van der Waals surface area contributed by atoms with Crippen LogP contribution in [0.1, 0.15) is 0 Å². The molecule has 0 N–H and O–H groups in total. The third-order valence-corrected chi connectivity index (χ3v) is 14.5. The zero-order chi connectivity index (χ0) is 38.3. The summed E-state index contributed by atoms with van der Waals surface area (Å²) in [6.07, 6.45) is 0. The molecule has 0 spiro atoms. The highest BCUT2D eigenvalue weighted by Crippen LogP contribution is 2.41. The summed E-state index contributed by atoms with van der Waals surface area (Å²) >= 11 is 0. The van der Waals surface area contributed by atoms with E-state index in [4.69, 9.17) is 24.9 Å². The van der Waals surface area contributed by atoms with Gasteiger partial charge in [0.25, 0.3) is 0 Å². The van der Waals surface area contributed by atoms with Gasteiger partial charge in [-0.05, 0) is 21.5 Å². The molecule has 2 aromatic heterocycles. The van der Waals surface area contributed by atoms with E-state index in [1.54, 1.807) is 0 Å². The Morgan fingerprint density at radius 2 is 0.684 bits per heavy atom. The molecule has 0 atom stereocenters. The Balaban J connectivity index is 1.22. The second kappa shape index (κ2) is 14.2. The first-order valence-electron chi connectivity index (χ1n) is 19.3. The number of hydrogen-bond donors (Lipinski definition) is 0. The lowest BCUT2D eigenvalue weighted by atomic mass is 9.96. The second-order valence-corrected chi connectivity index (χ2v) is 19.2. The maximum Gasteiger partial charge on any atom is 0.164 e. The lowest BCUT2D eigenvalue weighted by Gasteiger charge is -2.21. The molecule has 0 saturated carbocycles. The molecule has 0 radical (unpaired) electrons. The number of aromatic nitrogens is 5. The van der Waals surface area contributed by atoms with Crippen molar-refractivity contribution in [2.75, 3.05) is 0 Å². The van der Waals surface area contributed by atoms with Crippen molar-refractivity contribution in [3.05, 3.63) is 188 Å². The fourth-order valence-electron chi connectivity index (χ4n) is 8.08. The van der Waals surface area contributed by atoms with Gasteiger partial charge in [-0.15, -0.1) is 0 Å². The minimum Gasteiger partial charge on any atom is -0.243 e. The third kappa shape index (κ3) is 6.17. The van der Waals surface area contributed by atoms with E-state index in [9.17, 15) is 0 Å². The van der Waals surface area contributed by atoms with Crippen LogP contribution < -0.4 is 10.4 Å². The molecule has 270 valence electrons. The van der Waals surface area contributed by atoms with Crippen LogP contribution in [0.3, 0.4) is 0 Å². The van der Waals surface area contributed by atoms with E-state index in [1.165, 1.54) is 21.5 Å². The first-order chi connectivity index (χ1) is 28.0. The lowest BCUT2D eigenvalue weighted by Crippen LogP contribution is -2.49. The van der Waals surface area contributed by atoms with Gasteiger partial charge in [0.05, 0.1) is 22.8 Å². The van der Waals surface area contributed by atoms with Gasteiger partial charge in [-0.25, -0.2) is 24.9 Å². The molecular weight excluding hydrogens is 711 g/mol. The molecule has 9 aromatic rings. The summed E-state index contributed by atoms with van der Waals surface area (Å²) in [5.41, 5.74) is 12.5. The molecule has 0 aliphatic carbocycles. The zero-order valence-corrected chi connectivity index (χ0v) is 32.6. The Hall–Kier alpha value is -7.15. The number of rotatable bonds is 7. The SMILES string of the molecule is C[Si]1(C)c2ccccc2-c2ccc(-c3nc(-c4ccccc4)c(-c4ccccc4-c4nc(-c5ccccc5)nc(-c5ccccc5)n4)nc3-c3ccccc3)cc21. The van der Waals surface area contributed by atoms with Gasteiger partial charge < -0.3 is 0 Å². The maximum absolute atomic E-state index is 5.66. The van der Waals surface area contributed by atoms with Gasteiger partial charge in [0, 0.05) is 38.9 Å². The fraction of sp³-hybridized carbons (Fsp3) is 0.0392. The molecule has 10 rings (SSSR count). The highest BCUT2D eigenvalue weighted by Gasteiger charge is 2.37. The van der Waals surface area contributed by atoms with Gasteiger partial charge in [0.2, 0.25) is 0 Å². The number of hydrogen-bond acceptors (Lipinski definition) is 5. The minimum absolute atomic E-state index is 0.565. The van der Waals surface area contributed by atoms with Crippen molar-refractivity contribution < 1.29 is 0 Å². The first-order valence-corrected chi connectivity index (χ1v) is 22.3. The summed E-state index contributed by atoms with van der Waals surface area (Å²) in [6.45, 7) is 4.91. The van der Waals surface area contributed by atoms with Crippen molar-refractivity contribution >= 4 is 18.4 Å². The predicted octanol–water partition coefficient (Wildman–Crippen LogP) is 11.1. The van der Waals surface area contributed by atoms with Crippen LogP contribution in [0.4, 0.5) is 0 Å². The van der Waals surface area contributed by atoms with Gasteiger partial charge in [-0.2, -0.15) is 0 Å². The van der Waals surface area contributed by atoms with Gasteiger partial charge in [-0.3, -0.25) is 0 Å². The molecule has 3 heterocycles. The number of nitrogens with zero attached hydrogens (tertiary/aromatic N) is 5. The number of benzene rings is 7. The Morgan fingerprint density at radius 1 is 0.281 bits per heavy atom. The molecule has 1 aliphatic rings. The molecule has 6 heteroatoms. The average molecular weight is 748 g/mol. The van der Waals surface area contributed by atoms with E-state index in [2.05, 4.69) is 116 Å². The molecule has 57 heavy (non-hydrogen) atoms. The Bertz CT molecular complexity index is 2860. The van der Waals surface area contributed by atoms with Crippen molar-refractivity contribution in [2.45, 2.75) is 13.1 Å². The monoisotopic (exact) mass is 747 g/mol. The van der Waals surface area contributed by atoms with E-state index in [0.29, 0.717) is 17.5 Å². The third-order valence-electron chi connectivity index (χ3n) is 11.0. The van der Waals surface area contributed by atoms with Crippen LogP contribution in [-0.2, 0) is 0 Å². The van der Waals surface area contributed by atoms with Gasteiger partial charge in [-0.1, -0.05) is 201 Å². The summed E-state index contributed by atoms with van der Waals surface area (Å²) in [4.78, 5) is 26.5. The average Bonchev–Trinajstić information content (AvgIpc) is 3.52. The first kappa shape index (κ1) is 34.3. The van der Waals surface area contributed by atoms with E-state index < -0.39 is 8.07 Å². The highest BCUT2D eigenvalue weighted by atomic mass is 28.3. The van der Waals surface area contributed by atoms with Crippen molar-refractivity contribution in [1.82, 2.24) is 24.9 Å². The Labute approximate surface area is 333 Å². The summed E-state index contributed by atoms with van der Waals surface area (Å²) in [5, 5.41) is 2.91. The van der Waals surface area contributed by atoms with Gasteiger partial charge >= 0.3 is 0 Å². The summed E-state index contributed by atoms with van der Waals surface area (Å²) in [7, 11) is -1.95. The molecule has 0 saturated heterocycles. The Kier molecular flexibility index (Phi) is 8.54. The molecule has 0 fully saturated rings. The fourth-order valence-corrected chi connectivity index (χ4v) is 11.2. The summed E-state index contributed by atoms with van der Waals surface area (Å²) in [5.74, 6) is 1.78. The molecular formula is C51H37N5Si. The molecule has 7 aromatic carbocycles. The van der Waals surface area contributed by atoms with Crippen LogP contribution in [0.2, 0.25) is 13.1 Å². The van der Waals surface area contributed by atoms with Crippen LogP contribution in [0.15, 0.2) is 188 Å². The molecule has 0 amide bonds. The maximum atomic E-state index is 5.66. The van der Waals surface area contributed by atoms with E-state index >= 15 is 0 Å². The van der Waals surface area contributed by atoms with Crippen molar-refractivity contribution in [1.29, 1.82) is 0 Å². The smallest absolute Gasteiger partial charge is 0.164 e. The quantitative estimate of drug-likeness (QED) is 0.152. The van der Waals surface area contributed by atoms with Crippen LogP contribution in [-0.4, -0.2) is 33.0 Å². The lowest BCUT2D eigenvalue weighted by molar-refractivity contribution is 1.07. The van der Waals surface area contributed by atoms with E-state index in [-0.39, 0.29) is 0 Å². The van der Waals surface area contributed by atoms with E-state index in [0.717, 1.165) is 61.7 Å². The van der Waals surface area contributed by atoms with Crippen molar-refractivity contribution in [2.24, 2.45) is 0 Å². The van der Waals surface area contributed by atoms with Crippen molar-refractivity contribution in [3.63, 3.8) is 0 Å². The van der Waals surface area contributed by atoms with Crippen LogP contribution in [0.25, 0.3) is 90.3 Å². The predicted molar refractivity (Wildman–Crippen MR) is 236 cm³/mol. The highest BCUT2D eigenvalue weighted by molar-refractivity contribution is 7.03. The largest absolute Gasteiger partial charge is 0.243 e. The normalized spacial score (nSPS) is 12.5. The standard InChI is InChI=1S/C51H37N5Si/c1-57(2)43-30-18-17-27-39(43)40-32-31-38(33-44(40)57)47-45(34-19-7-3-8-20-34)53-48(46(52-47)35-21-9-4-10-22-35)41-28-15-16-29-42(41)51-55-49(36-23-11-5-12-24-36)54-50(56-51)37-25-13-6-14-26-37/h3-33H,1-2H3. The van der Waals surface area contributed by atoms with Gasteiger partial charge in [0.15, 0.2) is 17.5 Å². The molecule has 5 nitrogen and oxygen atoms in total. The second-order valence-electron chi connectivity index (χ2n) is 14.9. The van der Waals surface area contributed by atoms with Crippen LogP contribution in [0.5, 0.6) is 0 Å². The molecule has 0 unspecified atom stereocenters. The summed E-state index contributed by atoms with van der Waals surface area (Å²) in [6, 6.07) is 65.0. The molecule has 1 aliphatic heterocycles. The van der Waals surface area contributed by atoms with Crippen LogP contribution >= 0.6 is 0 Å². The minimum atomic E-state index is -1.95. The van der Waals surface area contributed by atoms with Crippen LogP contribution in [0, 0.1) is 0 Å². The van der Waals surface area contributed by atoms with Gasteiger partial charge in [0.1, 0.15) is 8.07 Å². The summed E-state index contributed by atoms with van der Waals surface area (Å²) < 4.78 is 0.